The normalized spacial score (nSPS) is 10.8. The van der Waals surface area contributed by atoms with Crippen LogP contribution in [0.2, 0.25) is 0 Å². The number of nitrogens with zero attached hydrogens (tertiary/aromatic N) is 3. The van der Waals surface area contributed by atoms with E-state index in [1.165, 1.54) is 0 Å². The van der Waals surface area contributed by atoms with Crippen molar-refractivity contribution in [3.05, 3.63) is 40.8 Å². The molecule has 0 atom stereocenters. The first-order valence-electron chi connectivity index (χ1n) is 5.22. The fourth-order valence-electron chi connectivity index (χ4n) is 1.78. The van der Waals surface area contributed by atoms with E-state index < -0.39 is 0 Å². The van der Waals surface area contributed by atoms with Crippen molar-refractivity contribution in [2.24, 2.45) is 0 Å². The van der Waals surface area contributed by atoms with E-state index in [2.05, 4.69) is 10.1 Å². The molecule has 0 saturated heterocycles. The Hall–Kier alpha value is -1.68. The third kappa shape index (κ3) is 1.97. The van der Waals surface area contributed by atoms with Crippen molar-refractivity contribution < 1.29 is 5.11 Å². The topological polar surface area (TPSA) is 50.9 Å². The highest BCUT2D eigenvalue weighted by Gasteiger charge is 2.06. The van der Waals surface area contributed by atoms with E-state index in [-0.39, 0.29) is 6.61 Å². The molecule has 1 N–H and O–H groups in total. The predicted octanol–water partition coefficient (Wildman–Crippen LogP) is 1.68. The minimum Gasteiger partial charge on any atom is -0.392 e. The molecule has 0 amide bonds. The molecular formula is C12H15N3O. The summed E-state index contributed by atoms with van der Waals surface area (Å²) in [4.78, 5) is 4.42. The van der Waals surface area contributed by atoms with Gasteiger partial charge in [0.05, 0.1) is 12.3 Å². The number of hydrogen-bond donors (Lipinski definition) is 1. The van der Waals surface area contributed by atoms with Crippen LogP contribution in [0.5, 0.6) is 0 Å². The molecule has 0 aliphatic rings. The first-order chi connectivity index (χ1) is 7.60. The quantitative estimate of drug-likeness (QED) is 0.832. The maximum Gasteiger partial charge on any atom is 0.154 e. The van der Waals surface area contributed by atoms with Crippen LogP contribution in [0.3, 0.4) is 0 Å². The van der Waals surface area contributed by atoms with Gasteiger partial charge in [-0.25, -0.2) is 9.67 Å². The Balaban J connectivity index is 2.55. The number of aliphatic hydroxyl groups excluding tert-OH is 1. The van der Waals surface area contributed by atoms with Crippen LogP contribution in [-0.4, -0.2) is 19.9 Å². The number of rotatable bonds is 2. The van der Waals surface area contributed by atoms with Gasteiger partial charge >= 0.3 is 0 Å². The van der Waals surface area contributed by atoms with Crippen molar-refractivity contribution >= 4 is 0 Å². The van der Waals surface area contributed by atoms with Crippen LogP contribution >= 0.6 is 0 Å². The Morgan fingerprint density at radius 2 is 1.88 bits per heavy atom. The lowest BCUT2D eigenvalue weighted by atomic mass is 10.2. The second-order valence-electron chi connectivity index (χ2n) is 3.97. The highest BCUT2D eigenvalue weighted by Crippen LogP contribution is 2.13. The summed E-state index contributed by atoms with van der Waals surface area (Å²) in [5.74, 6) is 0.759. The Morgan fingerprint density at radius 3 is 2.44 bits per heavy atom. The molecule has 0 aliphatic heterocycles. The molecular weight excluding hydrogens is 202 g/mol. The Labute approximate surface area is 94.6 Å². The zero-order chi connectivity index (χ0) is 11.7. The largest absolute Gasteiger partial charge is 0.392 e. The minimum atomic E-state index is 0.0235. The number of pyridine rings is 1. The summed E-state index contributed by atoms with van der Waals surface area (Å²) in [5.41, 5.74) is 3.75. The molecule has 0 spiro atoms. The van der Waals surface area contributed by atoms with E-state index in [0.717, 1.165) is 28.5 Å². The minimum absolute atomic E-state index is 0.0235. The second-order valence-corrected chi connectivity index (χ2v) is 3.97. The summed E-state index contributed by atoms with van der Waals surface area (Å²) in [5, 5.41) is 13.5. The molecule has 2 aromatic heterocycles. The Kier molecular flexibility index (Phi) is 2.75. The van der Waals surface area contributed by atoms with Crippen molar-refractivity contribution in [2.75, 3.05) is 0 Å². The number of aromatic nitrogens is 3. The van der Waals surface area contributed by atoms with Crippen LogP contribution in [0.15, 0.2) is 18.2 Å². The van der Waals surface area contributed by atoms with Crippen molar-refractivity contribution in [1.29, 1.82) is 0 Å². The molecule has 16 heavy (non-hydrogen) atoms. The summed E-state index contributed by atoms with van der Waals surface area (Å²) >= 11 is 0. The lowest BCUT2D eigenvalue weighted by Crippen LogP contribution is -2.04. The molecule has 4 heteroatoms. The van der Waals surface area contributed by atoms with Gasteiger partial charge in [-0.3, -0.25) is 0 Å². The molecule has 0 aromatic carbocycles. The van der Waals surface area contributed by atoms with Gasteiger partial charge in [-0.2, -0.15) is 5.10 Å². The number of hydrogen-bond acceptors (Lipinski definition) is 3. The van der Waals surface area contributed by atoms with E-state index in [9.17, 15) is 0 Å². The van der Waals surface area contributed by atoms with E-state index in [1.807, 2.05) is 39.0 Å². The zero-order valence-corrected chi connectivity index (χ0v) is 9.73. The Bertz CT molecular complexity index is 517. The number of aryl methyl sites for hydroxylation is 3. The van der Waals surface area contributed by atoms with Gasteiger partial charge in [0.2, 0.25) is 0 Å². The first-order valence-corrected chi connectivity index (χ1v) is 5.22. The van der Waals surface area contributed by atoms with Crippen LogP contribution in [0, 0.1) is 20.8 Å². The van der Waals surface area contributed by atoms with Crippen LogP contribution in [0.4, 0.5) is 0 Å². The third-order valence-corrected chi connectivity index (χ3v) is 2.41. The lowest BCUT2D eigenvalue weighted by Gasteiger charge is -2.06. The van der Waals surface area contributed by atoms with Gasteiger partial charge in [-0.15, -0.1) is 0 Å². The summed E-state index contributed by atoms with van der Waals surface area (Å²) in [6, 6.07) is 5.73. The average molecular weight is 217 g/mol. The fourth-order valence-corrected chi connectivity index (χ4v) is 1.78. The van der Waals surface area contributed by atoms with Crippen LogP contribution in [0.25, 0.3) is 5.82 Å². The van der Waals surface area contributed by atoms with Gasteiger partial charge in [0.1, 0.15) is 0 Å². The number of aliphatic hydroxyl groups is 1. The van der Waals surface area contributed by atoms with Gasteiger partial charge in [0.25, 0.3) is 0 Å². The van der Waals surface area contributed by atoms with Crippen molar-refractivity contribution in [3.63, 3.8) is 0 Å². The van der Waals surface area contributed by atoms with Crippen LogP contribution in [0.1, 0.15) is 22.6 Å². The van der Waals surface area contributed by atoms with E-state index in [1.54, 1.807) is 4.68 Å². The molecule has 2 heterocycles. The summed E-state index contributed by atoms with van der Waals surface area (Å²) in [6.45, 7) is 5.87. The second kappa shape index (κ2) is 4.06. The van der Waals surface area contributed by atoms with Gasteiger partial charge in [0.15, 0.2) is 5.82 Å². The molecule has 84 valence electrons. The molecule has 0 radical (unpaired) electrons. The van der Waals surface area contributed by atoms with E-state index in [0.29, 0.717) is 0 Å². The average Bonchev–Trinajstić information content (AvgIpc) is 2.57. The monoisotopic (exact) mass is 217 g/mol. The smallest absolute Gasteiger partial charge is 0.154 e. The van der Waals surface area contributed by atoms with E-state index >= 15 is 0 Å². The summed E-state index contributed by atoms with van der Waals surface area (Å²) in [7, 11) is 0. The molecule has 0 aliphatic carbocycles. The Morgan fingerprint density at radius 1 is 1.12 bits per heavy atom. The van der Waals surface area contributed by atoms with Crippen molar-refractivity contribution in [3.8, 4) is 5.82 Å². The molecule has 0 bridgehead atoms. The zero-order valence-electron chi connectivity index (χ0n) is 9.73. The fraction of sp³-hybridized carbons (Fsp3) is 0.333. The van der Waals surface area contributed by atoms with Gasteiger partial charge in [0, 0.05) is 11.4 Å². The summed E-state index contributed by atoms with van der Waals surface area (Å²) in [6.07, 6.45) is 0. The van der Waals surface area contributed by atoms with Gasteiger partial charge in [-0.1, -0.05) is 0 Å². The van der Waals surface area contributed by atoms with Crippen LogP contribution in [-0.2, 0) is 6.61 Å². The van der Waals surface area contributed by atoms with E-state index in [4.69, 9.17) is 5.11 Å². The highest BCUT2D eigenvalue weighted by atomic mass is 16.3. The first kappa shape index (κ1) is 10.8. The molecule has 0 unspecified atom stereocenters. The molecule has 0 fully saturated rings. The van der Waals surface area contributed by atoms with Crippen molar-refractivity contribution in [2.45, 2.75) is 27.4 Å². The molecule has 0 saturated carbocycles. The van der Waals surface area contributed by atoms with Gasteiger partial charge < -0.3 is 5.11 Å². The molecule has 4 nitrogen and oxygen atoms in total. The lowest BCUT2D eigenvalue weighted by molar-refractivity contribution is 0.281. The maximum absolute atomic E-state index is 9.15. The van der Waals surface area contributed by atoms with Gasteiger partial charge in [-0.05, 0) is 44.5 Å². The SMILES string of the molecule is Cc1cc(CO)cc(-n2nc(C)cc2C)n1. The molecule has 2 aromatic rings. The van der Waals surface area contributed by atoms with Crippen molar-refractivity contribution in [1.82, 2.24) is 14.8 Å². The third-order valence-electron chi connectivity index (χ3n) is 2.41. The maximum atomic E-state index is 9.15. The summed E-state index contributed by atoms with van der Waals surface area (Å²) < 4.78 is 1.79. The van der Waals surface area contributed by atoms with Crippen LogP contribution < -0.4 is 0 Å². The molecule has 2 rings (SSSR count). The standard InChI is InChI=1S/C12H15N3O/c1-8-5-11(7-16)6-12(13-8)15-10(3)4-9(2)14-15/h4-6,16H,7H2,1-3H3. The predicted molar refractivity (Wildman–Crippen MR) is 61.5 cm³/mol. The highest BCUT2D eigenvalue weighted by molar-refractivity contribution is 5.32.